The summed E-state index contributed by atoms with van der Waals surface area (Å²) in [6, 6.07) is 0. The lowest BCUT2D eigenvalue weighted by Crippen LogP contribution is -2.32. The van der Waals surface area contributed by atoms with Crippen molar-refractivity contribution in [1.29, 1.82) is 0 Å². The highest BCUT2D eigenvalue weighted by atomic mass is 35.5. The second-order valence-corrected chi connectivity index (χ2v) is 4.29. The number of carboxylic acid groups (broad SMARTS) is 2. The van der Waals surface area contributed by atoms with Crippen molar-refractivity contribution in [2.24, 2.45) is 0 Å². The largest absolute Gasteiger partial charge is 0.478 e. The first kappa shape index (κ1) is 22.1. The van der Waals surface area contributed by atoms with Crippen molar-refractivity contribution < 1.29 is 29.3 Å². The molecule has 0 saturated carbocycles. The maximum Gasteiger partial charge on any atom is 0.332 e. The average molecular weight is 326 g/mol. The summed E-state index contributed by atoms with van der Waals surface area (Å²) >= 11 is 0. The molecule has 21 heavy (non-hydrogen) atoms. The summed E-state index contributed by atoms with van der Waals surface area (Å²) < 4.78 is 9.97. The van der Waals surface area contributed by atoms with Gasteiger partial charge in [-0.2, -0.15) is 0 Å². The van der Waals surface area contributed by atoms with Crippen LogP contribution in [-0.4, -0.2) is 74.1 Å². The zero-order chi connectivity index (χ0) is 15.5. The van der Waals surface area contributed by atoms with Gasteiger partial charge < -0.3 is 19.7 Å². The standard InChI is InChI=1S/C13H23NO6.ClH/c1-10(12(15)16)11(13(17)18)4-5-14(6-8-19-2)7-9-20-3;/h4-9H2,1-3H3,(H,15,16)(H,17,18);1H/b11-10+;. The van der Waals surface area contributed by atoms with Gasteiger partial charge in [0, 0.05) is 45.0 Å². The van der Waals surface area contributed by atoms with Crippen LogP contribution in [0.3, 0.4) is 0 Å². The van der Waals surface area contributed by atoms with Crippen LogP contribution in [0.25, 0.3) is 0 Å². The minimum atomic E-state index is -1.21. The zero-order valence-electron chi connectivity index (χ0n) is 12.6. The van der Waals surface area contributed by atoms with Crippen LogP contribution in [0.4, 0.5) is 0 Å². The Morgan fingerprint density at radius 1 is 0.952 bits per heavy atom. The maximum atomic E-state index is 11.1. The SMILES string of the molecule is COCCN(CCOC)CC/C(C(=O)O)=C(/C)C(=O)O.Cl. The van der Waals surface area contributed by atoms with Gasteiger partial charge in [-0.05, 0) is 13.3 Å². The number of rotatable bonds is 11. The Balaban J connectivity index is 0. The predicted molar refractivity (Wildman–Crippen MR) is 80.0 cm³/mol. The normalized spacial score (nSPS) is 11.8. The highest BCUT2D eigenvalue weighted by Crippen LogP contribution is 2.11. The van der Waals surface area contributed by atoms with E-state index in [4.69, 9.17) is 19.7 Å². The van der Waals surface area contributed by atoms with E-state index in [1.54, 1.807) is 14.2 Å². The fourth-order valence-corrected chi connectivity index (χ4v) is 1.63. The molecule has 0 radical (unpaired) electrons. The van der Waals surface area contributed by atoms with E-state index < -0.39 is 11.9 Å². The van der Waals surface area contributed by atoms with E-state index >= 15 is 0 Å². The van der Waals surface area contributed by atoms with Crippen LogP contribution >= 0.6 is 12.4 Å². The Labute approximate surface area is 130 Å². The smallest absolute Gasteiger partial charge is 0.332 e. The third-order valence-electron chi connectivity index (χ3n) is 2.93. The molecular weight excluding hydrogens is 302 g/mol. The summed E-state index contributed by atoms with van der Waals surface area (Å²) in [5.41, 5.74) is -0.201. The number of hydrogen-bond donors (Lipinski definition) is 2. The molecule has 0 aromatic rings. The third-order valence-corrected chi connectivity index (χ3v) is 2.93. The van der Waals surface area contributed by atoms with Crippen molar-refractivity contribution in [2.45, 2.75) is 13.3 Å². The summed E-state index contributed by atoms with van der Waals surface area (Å²) in [5.74, 6) is -2.40. The van der Waals surface area contributed by atoms with Gasteiger partial charge in [0.2, 0.25) is 0 Å². The second kappa shape index (κ2) is 12.6. The number of nitrogens with zero attached hydrogens (tertiary/aromatic N) is 1. The lowest BCUT2D eigenvalue weighted by Gasteiger charge is -2.21. The summed E-state index contributed by atoms with van der Waals surface area (Å²) in [4.78, 5) is 23.9. The minimum Gasteiger partial charge on any atom is -0.478 e. The number of ether oxygens (including phenoxy) is 2. The summed E-state index contributed by atoms with van der Waals surface area (Å²) in [7, 11) is 3.18. The van der Waals surface area contributed by atoms with Gasteiger partial charge in [0.25, 0.3) is 0 Å². The van der Waals surface area contributed by atoms with Gasteiger partial charge in [0.1, 0.15) is 0 Å². The van der Waals surface area contributed by atoms with E-state index in [0.717, 1.165) is 0 Å². The van der Waals surface area contributed by atoms with Crippen LogP contribution in [0.15, 0.2) is 11.1 Å². The lowest BCUT2D eigenvalue weighted by atomic mass is 10.1. The molecule has 0 rings (SSSR count). The average Bonchev–Trinajstić information content (AvgIpc) is 2.40. The van der Waals surface area contributed by atoms with Crippen molar-refractivity contribution in [2.75, 3.05) is 47.1 Å². The first-order valence-electron chi connectivity index (χ1n) is 6.30. The molecule has 0 aromatic carbocycles. The van der Waals surface area contributed by atoms with Gasteiger partial charge in [0.05, 0.1) is 13.2 Å². The van der Waals surface area contributed by atoms with Gasteiger partial charge in [-0.25, -0.2) is 9.59 Å². The number of hydrogen-bond acceptors (Lipinski definition) is 5. The molecule has 0 bridgehead atoms. The Morgan fingerprint density at radius 2 is 1.43 bits per heavy atom. The van der Waals surface area contributed by atoms with E-state index in [-0.39, 0.29) is 30.0 Å². The van der Waals surface area contributed by atoms with Crippen LogP contribution in [0.1, 0.15) is 13.3 Å². The van der Waals surface area contributed by atoms with Crippen molar-refractivity contribution in [1.82, 2.24) is 4.90 Å². The molecular formula is C13H24ClNO6. The number of carbonyl (C=O) groups is 2. The van der Waals surface area contributed by atoms with E-state index in [2.05, 4.69) is 0 Å². The van der Waals surface area contributed by atoms with Gasteiger partial charge >= 0.3 is 11.9 Å². The summed E-state index contributed by atoms with van der Waals surface area (Å²) in [6.07, 6.45) is 0.168. The molecule has 8 heteroatoms. The van der Waals surface area contributed by atoms with Crippen LogP contribution in [-0.2, 0) is 19.1 Å². The first-order valence-corrected chi connectivity index (χ1v) is 6.30. The number of methoxy groups -OCH3 is 2. The quantitative estimate of drug-likeness (QED) is 0.544. The number of halogens is 1. The highest BCUT2D eigenvalue weighted by molar-refractivity contribution is 5.98. The molecule has 0 unspecified atom stereocenters. The first-order chi connectivity index (χ1) is 9.43. The molecule has 0 atom stereocenters. The Kier molecular flexibility index (Phi) is 13.3. The van der Waals surface area contributed by atoms with Crippen molar-refractivity contribution in [3.8, 4) is 0 Å². The molecule has 0 aromatic heterocycles. The van der Waals surface area contributed by atoms with Crippen LogP contribution in [0.5, 0.6) is 0 Å². The molecule has 0 aliphatic rings. The molecule has 0 heterocycles. The van der Waals surface area contributed by atoms with Gasteiger partial charge in [-0.1, -0.05) is 0 Å². The molecule has 7 nitrogen and oxygen atoms in total. The van der Waals surface area contributed by atoms with Gasteiger partial charge in [-0.15, -0.1) is 12.4 Å². The molecule has 0 amide bonds. The molecule has 0 aliphatic heterocycles. The fourth-order valence-electron chi connectivity index (χ4n) is 1.63. The second-order valence-electron chi connectivity index (χ2n) is 4.29. The molecule has 0 fully saturated rings. The fraction of sp³-hybridized carbons (Fsp3) is 0.692. The van der Waals surface area contributed by atoms with Crippen LogP contribution in [0, 0.1) is 0 Å². The Hall–Kier alpha value is -1.15. The van der Waals surface area contributed by atoms with E-state index in [0.29, 0.717) is 32.8 Å². The molecule has 0 aliphatic carbocycles. The molecule has 124 valence electrons. The van der Waals surface area contributed by atoms with Crippen molar-refractivity contribution in [3.05, 3.63) is 11.1 Å². The van der Waals surface area contributed by atoms with E-state index in [1.807, 2.05) is 4.90 Å². The lowest BCUT2D eigenvalue weighted by molar-refractivity contribution is -0.136. The summed E-state index contributed by atoms with van der Waals surface area (Å²) in [5, 5.41) is 17.9. The maximum absolute atomic E-state index is 11.1. The number of carboxylic acids is 2. The van der Waals surface area contributed by atoms with E-state index in [1.165, 1.54) is 6.92 Å². The van der Waals surface area contributed by atoms with Crippen molar-refractivity contribution in [3.63, 3.8) is 0 Å². The highest BCUT2D eigenvalue weighted by Gasteiger charge is 2.17. The zero-order valence-corrected chi connectivity index (χ0v) is 13.4. The molecule has 2 N–H and O–H groups in total. The van der Waals surface area contributed by atoms with Gasteiger partial charge in [0.15, 0.2) is 0 Å². The predicted octanol–water partition coefficient (Wildman–Crippen LogP) is 0.879. The van der Waals surface area contributed by atoms with E-state index in [9.17, 15) is 9.59 Å². The monoisotopic (exact) mass is 325 g/mol. The minimum absolute atomic E-state index is 0. The molecule has 0 spiro atoms. The van der Waals surface area contributed by atoms with Crippen LogP contribution in [0.2, 0.25) is 0 Å². The topological polar surface area (TPSA) is 96.3 Å². The number of aliphatic carboxylic acids is 2. The summed E-state index contributed by atoms with van der Waals surface area (Å²) in [6.45, 7) is 4.07. The molecule has 0 saturated heterocycles. The Morgan fingerprint density at radius 3 is 1.76 bits per heavy atom. The third kappa shape index (κ3) is 9.41. The Bertz CT molecular complexity index is 351. The van der Waals surface area contributed by atoms with Gasteiger partial charge in [-0.3, -0.25) is 4.90 Å². The van der Waals surface area contributed by atoms with Crippen molar-refractivity contribution >= 4 is 24.3 Å². The van der Waals surface area contributed by atoms with Crippen LogP contribution < -0.4 is 0 Å².